The molecule has 0 saturated carbocycles. The fraction of sp³-hybridized carbons (Fsp3) is 0.500. The molecule has 248 valence electrons. The van der Waals surface area contributed by atoms with Crippen molar-refractivity contribution in [1.29, 1.82) is 0 Å². The monoisotopic (exact) mass is 656 g/mol. The standard InChI is InChI=1S/C28H29F9N4O4/c1-16(2)41(19-5-3-18(29)4-6-19)25(44)45-23-21(28(35,36)37)11-17(27(32,33)34)12-22(23)40-10-9-39(24(40)43)14-20(42)13-38-8-7-26(30,31)15-38/h3-6,11-12,16,20,42H,7-10,13-15H2,1-2H3. The summed E-state index contributed by atoms with van der Waals surface area (Å²) >= 11 is 0. The van der Waals surface area contributed by atoms with Crippen molar-refractivity contribution in [2.75, 3.05) is 49.1 Å². The van der Waals surface area contributed by atoms with Crippen LogP contribution in [-0.4, -0.2) is 84.4 Å². The van der Waals surface area contributed by atoms with E-state index in [1.54, 1.807) is 0 Å². The first-order valence-electron chi connectivity index (χ1n) is 13.7. The Hall–Kier alpha value is -3.73. The second-order valence-corrected chi connectivity index (χ2v) is 11.1. The number of anilines is 2. The number of hydrogen-bond acceptors (Lipinski definition) is 5. The van der Waals surface area contributed by atoms with E-state index in [2.05, 4.69) is 0 Å². The number of carbonyl (C=O) groups excluding carboxylic acids is 2. The van der Waals surface area contributed by atoms with Crippen LogP contribution in [0.1, 0.15) is 31.4 Å². The highest BCUT2D eigenvalue weighted by Gasteiger charge is 2.45. The van der Waals surface area contributed by atoms with Crippen LogP contribution in [0.2, 0.25) is 0 Å². The van der Waals surface area contributed by atoms with E-state index in [0.29, 0.717) is 4.90 Å². The topological polar surface area (TPSA) is 76.6 Å². The van der Waals surface area contributed by atoms with Gasteiger partial charge in [0, 0.05) is 50.9 Å². The molecule has 17 heteroatoms. The Labute approximate surface area is 251 Å². The van der Waals surface area contributed by atoms with E-state index < -0.39 is 97.0 Å². The van der Waals surface area contributed by atoms with Gasteiger partial charge in [0.1, 0.15) is 11.4 Å². The molecule has 45 heavy (non-hydrogen) atoms. The number of rotatable bonds is 8. The van der Waals surface area contributed by atoms with E-state index in [-0.39, 0.29) is 37.5 Å². The van der Waals surface area contributed by atoms with Crippen molar-refractivity contribution in [3.63, 3.8) is 0 Å². The molecule has 4 rings (SSSR count). The maximum absolute atomic E-state index is 14.2. The second-order valence-electron chi connectivity index (χ2n) is 11.1. The summed E-state index contributed by atoms with van der Waals surface area (Å²) in [7, 11) is 0. The van der Waals surface area contributed by atoms with Gasteiger partial charge in [-0.15, -0.1) is 0 Å². The van der Waals surface area contributed by atoms with Crippen LogP contribution in [-0.2, 0) is 12.4 Å². The summed E-state index contributed by atoms with van der Waals surface area (Å²) in [6, 6.07) is 2.36. The summed E-state index contributed by atoms with van der Waals surface area (Å²) in [5.41, 5.74) is -4.75. The van der Waals surface area contributed by atoms with Gasteiger partial charge in [-0.1, -0.05) is 0 Å². The van der Waals surface area contributed by atoms with Gasteiger partial charge in [-0.2, -0.15) is 26.3 Å². The summed E-state index contributed by atoms with van der Waals surface area (Å²) < 4.78 is 130. The van der Waals surface area contributed by atoms with Gasteiger partial charge in [0.2, 0.25) is 0 Å². The third kappa shape index (κ3) is 7.92. The van der Waals surface area contributed by atoms with Crippen LogP contribution in [0.3, 0.4) is 0 Å². The fourth-order valence-electron chi connectivity index (χ4n) is 5.20. The van der Waals surface area contributed by atoms with Crippen molar-refractivity contribution < 1.29 is 58.9 Å². The first-order valence-corrected chi connectivity index (χ1v) is 13.7. The summed E-state index contributed by atoms with van der Waals surface area (Å²) in [6.07, 6.45) is -14.0. The molecule has 0 bridgehead atoms. The average molecular weight is 657 g/mol. The van der Waals surface area contributed by atoms with Gasteiger partial charge < -0.3 is 14.7 Å². The number of halogens is 9. The first-order chi connectivity index (χ1) is 20.8. The Bertz CT molecular complexity index is 1400. The highest BCUT2D eigenvalue weighted by molar-refractivity contribution is 5.98. The Kier molecular flexibility index (Phi) is 9.54. The lowest BCUT2D eigenvalue weighted by molar-refractivity contribution is -0.143. The second kappa shape index (κ2) is 12.6. The molecular formula is C28H29F9N4O4. The Balaban J connectivity index is 1.69. The number of alkyl halides is 8. The molecule has 2 aromatic carbocycles. The SMILES string of the molecule is CC(C)N(C(=O)Oc1c(N2CCN(CC(O)CN3CCC(F)(F)C3)C2=O)cc(C(F)(F)F)cc1C(F)(F)F)c1ccc(F)cc1. The van der Waals surface area contributed by atoms with Gasteiger partial charge in [0.05, 0.1) is 23.9 Å². The van der Waals surface area contributed by atoms with Gasteiger partial charge in [-0.25, -0.2) is 22.8 Å². The quantitative estimate of drug-likeness (QED) is 0.342. The molecule has 2 heterocycles. The van der Waals surface area contributed by atoms with Gasteiger partial charge in [-0.05, 0) is 50.2 Å². The molecule has 8 nitrogen and oxygen atoms in total. The molecule has 2 saturated heterocycles. The molecule has 0 radical (unpaired) electrons. The number of ether oxygens (including phenoxy) is 1. The third-order valence-corrected chi connectivity index (χ3v) is 7.24. The van der Waals surface area contributed by atoms with Crippen LogP contribution < -0.4 is 14.5 Å². The summed E-state index contributed by atoms with van der Waals surface area (Å²) in [4.78, 5) is 30.2. The lowest BCUT2D eigenvalue weighted by Gasteiger charge is -2.29. The number of aliphatic hydroxyl groups excluding tert-OH is 1. The number of aliphatic hydroxyl groups is 1. The number of amides is 3. The molecule has 0 aliphatic carbocycles. The molecule has 1 unspecified atom stereocenters. The molecule has 3 amide bonds. The highest BCUT2D eigenvalue weighted by atomic mass is 19.4. The van der Waals surface area contributed by atoms with Crippen LogP contribution >= 0.6 is 0 Å². The molecular weight excluding hydrogens is 627 g/mol. The van der Waals surface area contributed by atoms with Crippen molar-refractivity contribution in [3.8, 4) is 5.75 Å². The van der Waals surface area contributed by atoms with Gasteiger partial charge in [0.15, 0.2) is 5.75 Å². The lowest BCUT2D eigenvalue weighted by Crippen LogP contribution is -2.42. The van der Waals surface area contributed by atoms with Crippen LogP contribution in [0.15, 0.2) is 36.4 Å². The van der Waals surface area contributed by atoms with Gasteiger partial charge >= 0.3 is 24.5 Å². The minimum Gasteiger partial charge on any atom is -0.407 e. The summed E-state index contributed by atoms with van der Waals surface area (Å²) in [5.74, 6) is -5.00. The van der Waals surface area contributed by atoms with E-state index in [1.807, 2.05) is 0 Å². The van der Waals surface area contributed by atoms with Crippen molar-refractivity contribution in [3.05, 3.63) is 53.3 Å². The number of nitrogens with zero attached hydrogens (tertiary/aromatic N) is 4. The van der Waals surface area contributed by atoms with E-state index >= 15 is 0 Å². The van der Waals surface area contributed by atoms with E-state index in [4.69, 9.17) is 4.74 Å². The average Bonchev–Trinajstić information content (AvgIpc) is 3.44. The minimum absolute atomic E-state index is 0.00611. The van der Waals surface area contributed by atoms with Gasteiger partial charge in [-0.3, -0.25) is 14.7 Å². The van der Waals surface area contributed by atoms with Crippen molar-refractivity contribution in [1.82, 2.24) is 9.80 Å². The Morgan fingerprint density at radius 1 is 1.00 bits per heavy atom. The zero-order chi connectivity index (χ0) is 33.5. The zero-order valence-electron chi connectivity index (χ0n) is 23.9. The van der Waals surface area contributed by atoms with E-state index in [1.165, 1.54) is 18.7 Å². The largest absolute Gasteiger partial charge is 0.420 e. The molecule has 2 aromatic rings. The summed E-state index contributed by atoms with van der Waals surface area (Å²) in [5, 5.41) is 10.4. The van der Waals surface area contributed by atoms with Crippen molar-refractivity contribution in [2.45, 2.75) is 50.7 Å². The maximum atomic E-state index is 14.2. The molecule has 2 aliphatic rings. The van der Waals surface area contributed by atoms with E-state index in [9.17, 15) is 54.2 Å². The smallest absolute Gasteiger partial charge is 0.407 e. The molecule has 1 N–H and O–H groups in total. The van der Waals surface area contributed by atoms with Crippen LogP contribution in [0, 0.1) is 5.82 Å². The zero-order valence-corrected chi connectivity index (χ0v) is 23.9. The van der Waals surface area contributed by atoms with Crippen molar-refractivity contribution >= 4 is 23.5 Å². The van der Waals surface area contributed by atoms with Crippen LogP contribution in [0.25, 0.3) is 0 Å². The minimum atomic E-state index is -5.49. The molecule has 2 aliphatic heterocycles. The number of β-amino-alcohol motifs (C(OH)–C–C–N with tert-alkyl or cyclic N) is 1. The number of likely N-dealkylation sites (tertiary alicyclic amines) is 1. The van der Waals surface area contributed by atoms with Gasteiger partial charge in [0.25, 0.3) is 5.92 Å². The Morgan fingerprint density at radius 2 is 1.64 bits per heavy atom. The molecule has 1 atom stereocenters. The number of hydrogen-bond donors (Lipinski definition) is 1. The highest BCUT2D eigenvalue weighted by Crippen LogP contribution is 2.47. The third-order valence-electron chi connectivity index (χ3n) is 7.24. The van der Waals surface area contributed by atoms with Crippen LogP contribution in [0.4, 0.5) is 60.5 Å². The molecule has 0 spiro atoms. The first kappa shape index (κ1) is 34.1. The predicted octanol–water partition coefficient (Wildman–Crippen LogP) is 6.22. The number of urea groups is 1. The molecule has 0 aromatic heterocycles. The Morgan fingerprint density at radius 3 is 2.18 bits per heavy atom. The number of carbonyl (C=O) groups is 2. The number of benzene rings is 2. The van der Waals surface area contributed by atoms with E-state index in [0.717, 1.165) is 34.1 Å². The van der Waals surface area contributed by atoms with Crippen molar-refractivity contribution in [2.24, 2.45) is 0 Å². The summed E-state index contributed by atoms with van der Waals surface area (Å²) in [6.45, 7) is 0.858. The predicted molar refractivity (Wildman–Crippen MR) is 143 cm³/mol. The fourth-order valence-corrected chi connectivity index (χ4v) is 5.20. The molecule has 2 fully saturated rings. The normalized spacial score (nSPS) is 18.2. The maximum Gasteiger partial charge on any atom is 0.420 e. The lowest BCUT2D eigenvalue weighted by atomic mass is 10.1. The van der Waals surface area contributed by atoms with Crippen LogP contribution in [0.5, 0.6) is 5.75 Å².